The lowest BCUT2D eigenvalue weighted by Crippen LogP contribution is -2.11. The minimum absolute atomic E-state index is 0.152. The van der Waals surface area contributed by atoms with Crippen molar-refractivity contribution in [3.63, 3.8) is 0 Å². The van der Waals surface area contributed by atoms with Crippen LogP contribution in [0.1, 0.15) is 31.9 Å². The Labute approximate surface area is 149 Å². The van der Waals surface area contributed by atoms with Gasteiger partial charge in [0.25, 0.3) is 0 Å². The number of carbonyl (C=O) groups excluding carboxylic acids is 1. The summed E-state index contributed by atoms with van der Waals surface area (Å²) in [7, 11) is 0. The standard InChI is InChI=1S/C22H23NO2/c1-4-25-22(24)16-21(17(2)3)23-20-13-9-8-12-19(20)15-14-18-10-6-5-7-11-18/h5-13,16-17,23H,4H2,1-3H3/b21-16-. The van der Waals surface area contributed by atoms with Gasteiger partial charge in [-0.25, -0.2) is 4.79 Å². The Bertz CT molecular complexity index is 796. The minimum Gasteiger partial charge on any atom is -0.463 e. The number of nitrogens with one attached hydrogen (secondary N) is 1. The molecule has 0 aliphatic heterocycles. The predicted octanol–water partition coefficient (Wildman–Crippen LogP) is 4.60. The Morgan fingerprint density at radius 3 is 2.44 bits per heavy atom. The van der Waals surface area contributed by atoms with Crippen LogP contribution in [0, 0.1) is 17.8 Å². The zero-order valence-corrected chi connectivity index (χ0v) is 14.9. The summed E-state index contributed by atoms with van der Waals surface area (Å²) in [6.45, 7) is 6.20. The number of anilines is 1. The van der Waals surface area contributed by atoms with Crippen LogP contribution in [0.3, 0.4) is 0 Å². The van der Waals surface area contributed by atoms with E-state index in [2.05, 4.69) is 17.2 Å². The Kier molecular flexibility index (Phi) is 6.86. The molecule has 0 saturated heterocycles. The molecule has 0 bridgehead atoms. The van der Waals surface area contributed by atoms with Gasteiger partial charge in [-0.3, -0.25) is 0 Å². The summed E-state index contributed by atoms with van der Waals surface area (Å²) in [6, 6.07) is 17.7. The molecule has 0 fully saturated rings. The number of allylic oxidation sites excluding steroid dienone is 1. The second-order valence-corrected chi connectivity index (χ2v) is 5.79. The van der Waals surface area contributed by atoms with E-state index in [0.29, 0.717) is 6.61 Å². The van der Waals surface area contributed by atoms with Gasteiger partial charge in [0.05, 0.1) is 12.3 Å². The third-order valence-electron chi connectivity index (χ3n) is 3.50. The smallest absolute Gasteiger partial charge is 0.332 e. The highest BCUT2D eigenvalue weighted by Gasteiger charge is 2.09. The van der Waals surface area contributed by atoms with Crippen molar-refractivity contribution in [2.24, 2.45) is 5.92 Å². The Hall–Kier alpha value is -2.99. The molecule has 2 aromatic carbocycles. The molecule has 25 heavy (non-hydrogen) atoms. The Morgan fingerprint density at radius 2 is 1.76 bits per heavy atom. The first-order valence-electron chi connectivity index (χ1n) is 8.41. The van der Waals surface area contributed by atoms with Gasteiger partial charge in [0.15, 0.2) is 0 Å². The van der Waals surface area contributed by atoms with Crippen molar-refractivity contribution in [2.45, 2.75) is 20.8 Å². The van der Waals surface area contributed by atoms with Gasteiger partial charge in [0, 0.05) is 22.9 Å². The van der Waals surface area contributed by atoms with E-state index in [1.807, 2.05) is 68.4 Å². The van der Waals surface area contributed by atoms with E-state index in [1.165, 1.54) is 6.08 Å². The van der Waals surface area contributed by atoms with Crippen LogP contribution in [0.4, 0.5) is 5.69 Å². The second kappa shape index (κ2) is 9.34. The van der Waals surface area contributed by atoms with E-state index in [0.717, 1.165) is 22.5 Å². The first kappa shape index (κ1) is 18.4. The molecule has 0 aromatic heterocycles. The van der Waals surface area contributed by atoms with Crippen LogP contribution in [0.15, 0.2) is 66.4 Å². The summed E-state index contributed by atoms with van der Waals surface area (Å²) in [5.41, 5.74) is 3.51. The number of hydrogen-bond acceptors (Lipinski definition) is 3. The van der Waals surface area contributed by atoms with Crippen molar-refractivity contribution in [3.8, 4) is 11.8 Å². The van der Waals surface area contributed by atoms with E-state index >= 15 is 0 Å². The molecule has 3 heteroatoms. The summed E-state index contributed by atoms with van der Waals surface area (Å²) < 4.78 is 5.01. The number of hydrogen-bond donors (Lipinski definition) is 1. The molecule has 2 aromatic rings. The monoisotopic (exact) mass is 333 g/mol. The summed E-state index contributed by atoms with van der Waals surface area (Å²) in [5.74, 6) is 6.17. The molecule has 2 rings (SSSR count). The molecule has 0 spiro atoms. The van der Waals surface area contributed by atoms with Crippen molar-refractivity contribution >= 4 is 11.7 Å². The lowest BCUT2D eigenvalue weighted by molar-refractivity contribution is -0.137. The van der Waals surface area contributed by atoms with Crippen LogP contribution < -0.4 is 5.32 Å². The van der Waals surface area contributed by atoms with Crippen molar-refractivity contribution in [3.05, 3.63) is 77.5 Å². The fraction of sp³-hybridized carbons (Fsp3) is 0.227. The maximum atomic E-state index is 11.8. The highest BCUT2D eigenvalue weighted by molar-refractivity contribution is 5.83. The van der Waals surface area contributed by atoms with E-state index in [9.17, 15) is 4.79 Å². The number of benzene rings is 2. The van der Waals surface area contributed by atoms with Crippen LogP contribution in [0.25, 0.3) is 0 Å². The quantitative estimate of drug-likeness (QED) is 0.494. The summed E-state index contributed by atoms with van der Waals surface area (Å²) >= 11 is 0. The van der Waals surface area contributed by atoms with Crippen LogP contribution >= 0.6 is 0 Å². The molecule has 0 unspecified atom stereocenters. The van der Waals surface area contributed by atoms with Crippen molar-refractivity contribution in [1.82, 2.24) is 0 Å². The van der Waals surface area contributed by atoms with Crippen LogP contribution in [-0.4, -0.2) is 12.6 Å². The molecule has 0 amide bonds. The van der Waals surface area contributed by atoms with Crippen molar-refractivity contribution in [1.29, 1.82) is 0 Å². The number of esters is 1. The van der Waals surface area contributed by atoms with E-state index in [4.69, 9.17) is 4.74 Å². The van der Waals surface area contributed by atoms with Crippen LogP contribution in [0.2, 0.25) is 0 Å². The third-order valence-corrected chi connectivity index (χ3v) is 3.50. The first-order valence-corrected chi connectivity index (χ1v) is 8.41. The van der Waals surface area contributed by atoms with Crippen molar-refractivity contribution in [2.75, 3.05) is 11.9 Å². The average molecular weight is 333 g/mol. The molecule has 0 aliphatic rings. The van der Waals surface area contributed by atoms with Gasteiger partial charge in [-0.1, -0.05) is 56.0 Å². The molecule has 0 radical (unpaired) electrons. The fourth-order valence-corrected chi connectivity index (χ4v) is 2.18. The molecule has 1 N–H and O–H groups in total. The van der Waals surface area contributed by atoms with Crippen LogP contribution in [-0.2, 0) is 9.53 Å². The summed E-state index contributed by atoms with van der Waals surface area (Å²) in [5, 5.41) is 3.33. The topological polar surface area (TPSA) is 38.3 Å². The van der Waals surface area contributed by atoms with Gasteiger partial charge in [-0.2, -0.15) is 0 Å². The number of ether oxygens (including phenoxy) is 1. The molecule has 3 nitrogen and oxygen atoms in total. The SMILES string of the molecule is CCOC(=O)/C=C(\Nc1ccccc1C#Cc1ccccc1)C(C)C. The molecule has 0 saturated carbocycles. The summed E-state index contributed by atoms with van der Waals surface area (Å²) in [6.07, 6.45) is 1.51. The largest absolute Gasteiger partial charge is 0.463 e. The molecular formula is C22H23NO2. The zero-order valence-electron chi connectivity index (χ0n) is 14.9. The van der Waals surface area contributed by atoms with Gasteiger partial charge in [-0.15, -0.1) is 0 Å². The predicted molar refractivity (Wildman–Crippen MR) is 102 cm³/mol. The van der Waals surface area contributed by atoms with E-state index in [-0.39, 0.29) is 11.9 Å². The Balaban J connectivity index is 2.27. The molecule has 0 atom stereocenters. The molecule has 128 valence electrons. The normalized spacial score (nSPS) is 10.8. The first-order chi connectivity index (χ1) is 12.1. The zero-order chi connectivity index (χ0) is 18.1. The van der Waals surface area contributed by atoms with Gasteiger partial charge in [-0.05, 0) is 37.1 Å². The number of carbonyl (C=O) groups is 1. The van der Waals surface area contributed by atoms with Crippen LogP contribution in [0.5, 0.6) is 0 Å². The number of rotatable bonds is 5. The maximum Gasteiger partial charge on any atom is 0.332 e. The Morgan fingerprint density at radius 1 is 1.08 bits per heavy atom. The minimum atomic E-state index is -0.341. The van der Waals surface area contributed by atoms with E-state index < -0.39 is 0 Å². The maximum absolute atomic E-state index is 11.8. The van der Waals surface area contributed by atoms with Gasteiger partial charge in [0.2, 0.25) is 0 Å². The lowest BCUT2D eigenvalue weighted by atomic mass is 10.1. The highest BCUT2D eigenvalue weighted by Crippen LogP contribution is 2.20. The second-order valence-electron chi connectivity index (χ2n) is 5.79. The fourth-order valence-electron chi connectivity index (χ4n) is 2.18. The number of para-hydroxylation sites is 1. The van der Waals surface area contributed by atoms with Gasteiger partial charge < -0.3 is 10.1 Å². The average Bonchev–Trinajstić information content (AvgIpc) is 2.61. The van der Waals surface area contributed by atoms with Crippen molar-refractivity contribution < 1.29 is 9.53 Å². The van der Waals surface area contributed by atoms with Gasteiger partial charge >= 0.3 is 5.97 Å². The molecule has 0 heterocycles. The lowest BCUT2D eigenvalue weighted by Gasteiger charge is -2.15. The molecular weight excluding hydrogens is 310 g/mol. The third kappa shape index (κ3) is 5.86. The van der Waals surface area contributed by atoms with E-state index in [1.54, 1.807) is 6.92 Å². The molecule has 0 aliphatic carbocycles. The van der Waals surface area contributed by atoms with Gasteiger partial charge in [0.1, 0.15) is 0 Å². The summed E-state index contributed by atoms with van der Waals surface area (Å²) in [4.78, 5) is 11.8. The highest BCUT2D eigenvalue weighted by atomic mass is 16.5.